The van der Waals surface area contributed by atoms with Gasteiger partial charge < -0.3 is 18.9 Å². The number of alkyl halides is 3. The van der Waals surface area contributed by atoms with E-state index in [0.717, 1.165) is 23.4 Å². The summed E-state index contributed by atoms with van der Waals surface area (Å²) in [5.74, 6) is -1.63. The van der Waals surface area contributed by atoms with E-state index in [1.807, 2.05) is 5.10 Å². The highest BCUT2D eigenvalue weighted by molar-refractivity contribution is 6.30. The van der Waals surface area contributed by atoms with Gasteiger partial charge in [-0.3, -0.25) is 15.0 Å². The molecular weight excluding hydrogens is 659 g/mol. The second-order valence-corrected chi connectivity index (χ2v) is 12.3. The molecule has 2 fully saturated rings. The van der Waals surface area contributed by atoms with Gasteiger partial charge in [0.25, 0.3) is 0 Å². The third-order valence-electron chi connectivity index (χ3n) is 8.66. The van der Waals surface area contributed by atoms with Crippen LogP contribution in [0.15, 0.2) is 48.7 Å². The molecule has 0 spiro atoms. The lowest BCUT2D eigenvalue weighted by Gasteiger charge is -2.41. The molecule has 0 bridgehead atoms. The predicted octanol–water partition coefficient (Wildman–Crippen LogP) is 6.25. The van der Waals surface area contributed by atoms with Crippen molar-refractivity contribution >= 4 is 28.3 Å². The second-order valence-electron chi connectivity index (χ2n) is 11.9. The summed E-state index contributed by atoms with van der Waals surface area (Å²) in [5, 5.41) is 5.89. The van der Waals surface area contributed by atoms with E-state index in [1.165, 1.54) is 18.2 Å². The van der Waals surface area contributed by atoms with Gasteiger partial charge in [0.2, 0.25) is 5.82 Å². The number of piperazine rings is 1. The van der Waals surface area contributed by atoms with Crippen LogP contribution in [-0.4, -0.2) is 73.0 Å². The van der Waals surface area contributed by atoms with E-state index in [2.05, 4.69) is 36.4 Å². The first-order chi connectivity index (χ1) is 23.0. The van der Waals surface area contributed by atoms with Crippen LogP contribution >= 0.6 is 11.6 Å². The Kier molecular flexibility index (Phi) is 8.68. The molecule has 0 aliphatic carbocycles. The van der Waals surface area contributed by atoms with Crippen molar-refractivity contribution in [1.82, 2.24) is 34.6 Å². The number of H-pyrrole nitrogens is 1. The fourth-order valence-electron chi connectivity index (χ4n) is 5.90. The highest BCUT2D eigenvalue weighted by atomic mass is 35.5. The van der Waals surface area contributed by atoms with Gasteiger partial charge in [0, 0.05) is 54.6 Å². The molecule has 2 aromatic carbocycles. The van der Waals surface area contributed by atoms with Crippen molar-refractivity contribution in [3.8, 4) is 17.3 Å². The quantitative estimate of drug-likeness (QED) is 0.182. The van der Waals surface area contributed by atoms with Gasteiger partial charge in [-0.15, -0.1) is 0 Å². The number of nitrogens with zero attached hydrogens (tertiary/aromatic N) is 7. The van der Waals surface area contributed by atoms with E-state index in [0.29, 0.717) is 44.8 Å². The Labute approximate surface area is 276 Å². The summed E-state index contributed by atoms with van der Waals surface area (Å²) >= 11 is 5.83. The number of nitrogens with one attached hydrogen (secondary N) is 1. The van der Waals surface area contributed by atoms with Crippen LogP contribution in [0.4, 0.5) is 27.6 Å². The molecule has 2 aliphatic rings. The number of halogens is 6. The minimum absolute atomic E-state index is 0.0245. The zero-order chi connectivity index (χ0) is 33.6. The summed E-state index contributed by atoms with van der Waals surface area (Å²) in [5.41, 5.74) is 2.52. The van der Waals surface area contributed by atoms with Crippen LogP contribution in [0, 0.1) is 11.6 Å². The van der Waals surface area contributed by atoms with Crippen molar-refractivity contribution in [2.45, 2.75) is 51.4 Å². The third kappa shape index (κ3) is 6.66. The molecule has 1 N–H and O–H groups in total. The largest absolute Gasteiger partial charge is 0.486 e. The second kappa shape index (κ2) is 12.9. The maximum Gasteiger partial charge on any atom is 0.451 e. The highest BCUT2D eigenvalue weighted by Gasteiger charge is 2.35. The van der Waals surface area contributed by atoms with Crippen molar-refractivity contribution < 1.29 is 31.4 Å². The van der Waals surface area contributed by atoms with Crippen molar-refractivity contribution in [1.29, 1.82) is 0 Å². The monoisotopic (exact) mass is 688 g/mol. The topological polar surface area (TPSA) is 97.2 Å². The minimum atomic E-state index is -4.65. The van der Waals surface area contributed by atoms with Crippen LogP contribution < -0.4 is 9.64 Å². The number of benzene rings is 2. The van der Waals surface area contributed by atoms with Crippen molar-refractivity contribution in [3.05, 3.63) is 82.5 Å². The molecule has 2 atom stereocenters. The van der Waals surface area contributed by atoms with Gasteiger partial charge >= 0.3 is 6.18 Å². The molecule has 5 aromatic rings. The lowest BCUT2D eigenvalue weighted by Crippen LogP contribution is -2.51. The molecule has 2 aliphatic heterocycles. The molecule has 2 saturated heterocycles. The fourth-order valence-corrected chi connectivity index (χ4v) is 6.05. The highest BCUT2D eigenvalue weighted by Crippen LogP contribution is 2.31. The molecule has 0 radical (unpaired) electrons. The molecule has 16 heteroatoms. The number of hydrogen-bond acceptors (Lipinski definition) is 8. The first kappa shape index (κ1) is 32.2. The summed E-state index contributed by atoms with van der Waals surface area (Å²) < 4.78 is 81.6. The van der Waals surface area contributed by atoms with Crippen LogP contribution in [0.25, 0.3) is 22.6 Å². The van der Waals surface area contributed by atoms with E-state index in [9.17, 15) is 22.0 Å². The Bertz CT molecular complexity index is 1950. The summed E-state index contributed by atoms with van der Waals surface area (Å²) in [6.45, 7) is 5.67. The van der Waals surface area contributed by atoms with Crippen LogP contribution in [0.2, 0.25) is 5.02 Å². The van der Waals surface area contributed by atoms with E-state index in [4.69, 9.17) is 26.1 Å². The number of pyridine rings is 1. The van der Waals surface area contributed by atoms with Crippen LogP contribution in [0.3, 0.4) is 0 Å². The number of rotatable bonds is 9. The molecule has 10 nitrogen and oxygen atoms in total. The molecule has 0 amide bonds. The van der Waals surface area contributed by atoms with Gasteiger partial charge in [0.15, 0.2) is 17.4 Å². The summed E-state index contributed by atoms with van der Waals surface area (Å²) in [4.78, 5) is 17.2. The van der Waals surface area contributed by atoms with Gasteiger partial charge in [-0.25, -0.2) is 18.7 Å². The fraction of sp³-hybridized carbons (Fsp3) is 0.375. The number of aromatic nitrogens is 6. The first-order valence-corrected chi connectivity index (χ1v) is 15.7. The molecule has 0 saturated carbocycles. The predicted molar refractivity (Wildman–Crippen MR) is 166 cm³/mol. The zero-order valence-corrected chi connectivity index (χ0v) is 26.4. The Morgan fingerprint density at radius 1 is 1.06 bits per heavy atom. The Hall–Kier alpha value is -4.34. The van der Waals surface area contributed by atoms with Gasteiger partial charge in [-0.05, 0) is 43.7 Å². The summed E-state index contributed by atoms with van der Waals surface area (Å²) in [7, 11) is 0. The zero-order valence-electron chi connectivity index (χ0n) is 25.6. The Balaban J connectivity index is 1.07. The summed E-state index contributed by atoms with van der Waals surface area (Å²) in [6.07, 6.45) is -2.13. The van der Waals surface area contributed by atoms with E-state index in [-0.39, 0.29) is 46.6 Å². The van der Waals surface area contributed by atoms with E-state index < -0.39 is 23.6 Å². The Morgan fingerprint density at radius 2 is 1.90 bits per heavy atom. The molecular formula is C32H30ClF5N8O2. The standard InChI is InChI=1S/C32H30ClF5N8O2/c1-18-14-45(21-4-5-23(34)28(11-21)48-17-19-2-3-20(33)10-24(19)35)8-7-44(18)16-29-40-25-12-26(30-41-31(43-42-30)32(36,37)38)39-13-27(25)46(29)15-22-6-9-47-22/h2-5,10-13,18,22H,6-9,14-17H2,1H3,(H,41,42,43)/t18-,22-/m0/s1. The maximum atomic E-state index is 14.7. The summed E-state index contributed by atoms with van der Waals surface area (Å²) in [6, 6.07) is 10.6. The average Bonchev–Trinajstić information content (AvgIpc) is 3.65. The average molecular weight is 689 g/mol. The van der Waals surface area contributed by atoms with Crippen LogP contribution in [0.1, 0.15) is 30.6 Å². The van der Waals surface area contributed by atoms with E-state index in [1.54, 1.807) is 30.5 Å². The molecule has 252 valence electrons. The smallest absolute Gasteiger partial charge is 0.451 e. The minimum Gasteiger partial charge on any atom is -0.486 e. The van der Waals surface area contributed by atoms with Crippen LogP contribution in [-0.2, 0) is 30.6 Å². The lowest BCUT2D eigenvalue weighted by atomic mass is 10.1. The maximum absolute atomic E-state index is 14.7. The molecule has 48 heavy (non-hydrogen) atoms. The van der Waals surface area contributed by atoms with Crippen LogP contribution in [0.5, 0.6) is 5.75 Å². The molecule has 0 unspecified atom stereocenters. The molecule has 7 rings (SSSR count). The first-order valence-electron chi connectivity index (χ1n) is 15.3. The van der Waals surface area contributed by atoms with Crippen molar-refractivity contribution in [2.24, 2.45) is 0 Å². The van der Waals surface area contributed by atoms with Gasteiger partial charge in [-0.1, -0.05) is 17.7 Å². The van der Waals surface area contributed by atoms with Crippen molar-refractivity contribution in [3.63, 3.8) is 0 Å². The molecule has 3 aromatic heterocycles. The van der Waals surface area contributed by atoms with Gasteiger partial charge in [0.05, 0.1) is 36.4 Å². The number of ether oxygens (including phenoxy) is 2. The van der Waals surface area contributed by atoms with Gasteiger partial charge in [0.1, 0.15) is 23.9 Å². The number of anilines is 1. The number of fused-ring (bicyclic) bond motifs is 1. The normalized spacial score (nSPS) is 18.8. The SMILES string of the molecule is C[C@H]1CN(c2ccc(F)c(OCc3ccc(Cl)cc3F)c2)CCN1Cc1nc2cc(-c3n[nH]c(C(F)(F)F)n3)ncc2n1C[C@@H]1CCO1. The van der Waals surface area contributed by atoms with Crippen molar-refractivity contribution in [2.75, 3.05) is 31.1 Å². The lowest BCUT2D eigenvalue weighted by molar-refractivity contribution is -0.144. The number of imidazole rings is 1. The number of aromatic amines is 1. The Morgan fingerprint density at radius 3 is 2.60 bits per heavy atom. The number of hydrogen-bond donors (Lipinski definition) is 1. The van der Waals surface area contributed by atoms with Gasteiger partial charge in [-0.2, -0.15) is 18.3 Å². The van der Waals surface area contributed by atoms with E-state index >= 15 is 0 Å². The third-order valence-corrected chi connectivity index (χ3v) is 8.90. The molecule has 5 heterocycles.